The molecule has 1 aliphatic carbocycles. The van der Waals surface area contributed by atoms with Crippen molar-refractivity contribution in [3.63, 3.8) is 0 Å². The van der Waals surface area contributed by atoms with Gasteiger partial charge in [-0.2, -0.15) is 18.3 Å². The Kier molecular flexibility index (Phi) is 3.94. The number of aliphatic hydroxyl groups is 1. The maximum atomic E-state index is 12.4. The fourth-order valence-electron chi connectivity index (χ4n) is 2.47. The number of aromatic nitrogens is 2. The summed E-state index contributed by atoms with van der Waals surface area (Å²) in [5.41, 5.74) is -0.904. The lowest BCUT2D eigenvalue weighted by Gasteiger charge is -2.26. The Hall–Kier alpha value is -1.04. The average Bonchev–Trinajstić information content (AvgIpc) is 2.78. The molecule has 0 amide bonds. The highest BCUT2D eigenvalue weighted by Gasteiger charge is 2.33. The topological polar surface area (TPSA) is 38.0 Å². The van der Waals surface area contributed by atoms with Crippen LogP contribution in [0.2, 0.25) is 0 Å². The first-order valence-corrected chi connectivity index (χ1v) is 6.25. The second-order valence-electron chi connectivity index (χ2n) is 4.89. The van der Waals surface area contributed by atoms with E-state index in [-0.39, 0.29) is 12.5 Å². The summed E-state index contributed by atoms with van der Waals surface area (Å²) in [6.45, 7) is 0.140. The number of nitrogens with zero attached hydrogens (tertiary/aromatic N) is 2. The smallest absolute Gasteiger partial charge is 0.391 e. The third-order valence-electron chi connectivity index (χ3n) is 3.50. The number of halogens is 3. The van der Waals surface area contributed by atoms with Crippen LogP contribution in [-0.4, -0.2) is 21.0 Å². The molecule has 3 nitrogen and oxygen atoms in total. The standard InChI is InChI=1S/C12H17F3N2O/c13-12(14,15)11-6-7-17(16-11)8-10(18)9-4-2-1-3-5-9/h6-7,9-10,18H,1-5,8H2. The maximum absolute atomic E-state index is 12.4. The predicted octanol–water partition coefficient (Wildman–Crippen LogP) is 2.84. The molecule has 2 rings (SSSR count). The highest BCUT2D eigenvalue weighted by atomic mass is 19.4. The van der Waals surface area contributed by atoms with E-state index in [2.05, 4.69) is 5.10 Å². The Morgan fingerprint density at radius 2 is 2.00 bits per heavy atom. The summed E-state index contributed by atoms with van der Waals surface area (Å²) >= 11 is 0. The number of aliphatic hydroxyl groups excluding tert-OH is 1. The van der Waals surface area contributed by atoms with E-state index in [4.69, 9.17) is 0 Å². The maximum Gasteiger partial charge on any atom is 0.435 e. The van der Waals surface area contributed by atoms with E-state index in [9.17, 15) is 18.3 Å². The van der Waals surface area contributed by atoms with Crippen molar-refractivity contribution < 1.29 is 18.3 Å². The van der Waals surface area contributed by atoms with Gasteiger partial charge in [0.15, 0.2) is 5.69 Å². The first kappa shape index (κ1) is 13.4. The van der Waals surface area contributed by atoms with Crippen LogP contribution in [-0.2, 0) is 12.7 Å². The summed E-state index contributed by atoms with van der Waals surface area (Å²) in [6, 6.07) is 0.938. The van der Waals surface area contributed by atoms with Gasteiger partial charge in [0.1, 0.15) is 0 Å². The second-order valence-corrected chi connectivity index (χ2v) is 4.89. The van der Waals surface area contributed by atoms with E-state index in [1.54, 1.807) is 0 Å². The van der Waals surface area contributed by atoms with Crippen LogP contribution in [0.4, 0.5) is 13.2 Å². The molecule has 1 unspecified atom stereocenters. The van der Waals surface area contributed by atoms with Gasteiger partial charge in [0, 0.05) is 6.20 Å². The molecule has 1 aromatic heterocycles. The summed E-state index contributed by atoms with van der Waals surface area (Å²) in [5, 5.41) is 13.4. The summed E-state index contributed by atoms with van der Waals surface area (Å²) in [4.78, 5) is 0. The van der Waals surface area contributed by atoms with Crippen molar-refractivity contribution >= 4 is 0 Å². The molecule has 0 aromatic carbocycles. The quantitative estimate of drug-likeness (QED) is 0.909. The van der Waals surface area contributed by atoms with Crippen LogP contribution in [0.15, 0.2) is 12.3 Å². The van der Waals surface area contributed by atoms with E-state index >= 15 is 0 Å². The molecule has 0 saturated heterocycles. The summed E-state index contributed by atoms with van der Waals surface area (Å²) in [5.74, 6) is 0.192. The molecular weight excluding hydrogens is 245 g/mol. The van der Waals surface area contributed by atoms with Crippen molar-refractivity contribution in [1.29, 1.82) is 0 Å². The summed E-state index contributed by atoms with van der Waals surface area (Å²) in [7, 11) is 0. The molecule has 18 heavy (non-hydrogen) atoms. The molecule has 1 aliphatic rings. The fourth-order valence-corrected chi connectivity index (χ4v) is 2.47. The highest BCUT2D eigenvalue weighted by molar-refractivity contribution is 5.03. The highest BCUT2D eigenvalue weighted by Crippen LogP contribution is 2.29. The minimum atomic E-state index is -4.42. The van der Waals surface area contributed by atoms with Crippen molar-refractivity contribution in [2.45, 2.75) is 50.9 Å². The van der Waals surface area contributed by atoms with E-state index in [1.165, 1.54) is 17.3 Å². The molecule has 1 atom stereocenters. The van der Waals surface area contributed by atoms with Crippen LogP contribution in [0.3, 0.4) is 0 Å². The number of hydrogen-bond donors (Lipinski definition) is 1. The summed E-state index contributed by atoms with van der Waals surface area (Å²) < 4.78 is 38.2. The van der Waals surface area contributed by atoms with Gasteiger partial charge in [0.25, 0.3) is 0 Å². The molecule has 1 heterocycles. The van der Waals surface area contributed by atoms with Crippen molar-refractivity contribution in [3.05, 3.63) is 18.0 Å². The molecule has 1 aromatic rings. The van der Waals surface area contributed by atoms with Crippen molar-refractivity contribution in [1.82, 2.24) is 9.78 Å². The van der Waals surface area contributed by atoms with Crippen LogP contribution >= 0.6 is 0 Å². The zero-order valence-electron chi connectivity index (χ0n) is 10.0. The Bertz CT molecular complexity index is 383. The van der Waals surface area contributed by atoms with Gasteiger partial charge in [0.2, 0.25) is 0 Å². The van der Waals surface area contributed by atoms with Gasteiger partial charge >= 0.3 is 6.18 Å². The summed E-state index contributed by atoms with van der Waals surface area (Å²) in [6.07, 6.45) is 1.53. The molecule has 0 bridgehead atoms. The molecule has 1 fully saturated rings. The molecular formula is C12H17F3N2O. The Morgan fingerprint density at radius 1 is 1.33 bits per heavy atom. The van der Waals surface area contributed by atoms with Crippen molar-refractivity contribution in [2.75, 3.05) is 0 Å². The van der Waals surface area contributed by atoms with Crippen molar-refractivity contribution in [2.24, 2.45) is 5.92 Å². The van der Waals surface area contributed by atoms with Crippen molar-refractivity contribution in [3.8, 4) is 0 Å². The van der Waals surface area contributed by atoms with Gasteiger partial charge in [0.05, 0.1) is 12.6 Å². The third-order valence-corrected chi connectivity index (χ3v) is 3.50. The number of hydrogen-bond acceptors (Lipinski definition) is 2. The normalized spacial score (nSPS) is 20.0. The van der Waals surface area contributed by atoms with Crippen LogP contribution < -0.4 is 0 Å². The Balaban J connectivity index is 1.94. The van der Waals surface area contributed by atoms with E-state index in [1.807, 2.05) is 0 Å². The molecule has 1 saturated carbocycles. The minimum absolute atomic E-state index is 0.140. The zero-order valence-corrected chi connectivity index (χ0v) is 10.0. The van der Waals surface area contributed by atoms with E-state index < -0.39 is 18.0 Å². The first-order valence-electron chi connectivity index (χ1n) is 6.25. The van der Waals surface area contributed by atoms with Gasteiger partial charge in [-0.15, -0.1) is 0 Å². The predicted molar refractivity (Wildman–Crippen MR) is 59.8 cm³/mol. The van der Waals surface area contributed by atoms with Crippen LogP contribution in [0.5, 0.6) is 0 Å². The Labute approximate surface area is 104 Å². The van der Waals surface area contributed by atoms with Crippen LogP contribution in [0.25, 0.3) is 0 Å². The molecule has 0 aliphatic heterocycles. The second kappa shape index (κ2) is 5.30. The third kappa shape index (κ3) is 3.25. The van der Waals surface area contributed by atoms with Gasteiger partial charge < -0.3 is 5.11 Å². The monoisotopic (exact) mass is 262 g/mol. The molecule has 102 valence electrons. The fraction of sp³-hybridized carbons (Fsp3) is 0.750. The average molecular weight is 262 g/mol. The van der Waals surface area contributed by atoms with Gasteiger partial charge in [-0.1, -0.05) is 19.3 Å². The molecule has 0 spiro atoms. The zero-order chi connectivity index (χ0) is 13.2. The van der Waals surface area contributed by atoms with Gasteiger partial charge in [-0.05, 0) is 24.8 Å². The lowest BCUT2D eigenvalue weighted by atomic mass is 9.85. The largest absolute Gasteiger partial charge is 0.435 e. The molecule has 6 heteroatoms. The SMILES string of the molecule is OC(Cn1ccc(C(F)(F)F)n1)C1CCCCC1. The van der Waals surface area contributed by atoms with Crippen LogP contribution in [0, 0.1) is 5.92 Å². The minimum Gasteiger partial charge on any atom is -0.391 e. The van der Waals surface area contributed by atoms with E-state index in [0.717, 1.165) is 31.7 Å². The molecule has 1 N–H and O–H groups in total. The van der Waals surface area contributed by atoms with Crippen LogP contribution in [0.1, 0.15) is 37.8 Å². The lowest BCUT2D eigenvalue weighted by molar-refractivity contribution is -0.141. The first-order chi connectivity index (χ1) is 8.47. The van der Waals surface area contributed by atoms with E-state index in [0.29, 0.717) is 0 Å². The Morgan fingerprint density at radius 3 is 2.56 bits per heavy atom. The lowest BCUT2D eigenvalue weighted by Crippen LogP contribution is -2.28. The van der Waals surface area contributed by atoms with Gasteiger partial charge in [-0.3, -0.25) is 4.68 Å². The number of rotatable bonds is 3. The van der Waals surface area contributed by atoms with Gasteiger partial charge in [-0.25, -0.2) is 0 Å². The number of alkyl halides is 3. The molecule has 0 radical (unpaired) electrons.